The highest BCUT2D eigenvalue weighted by Gasteiger charge is 2.34. The van der Waals surface area contributed by atoms with Crippen molar-refractivity contribution in [2.75, 3.05) is 114 Å². The summed E-state index contributed by atoms with van der Waals surface area (Å²) < 4.78 is 74.3. The van der Waals surface area contributed by atoms with E-state index >= 15 is 0 Å². The van der Waals surface area contributed by atoms with Gasteiger partial charge in [-0.3, -0.25) is 14.4 Å². The Kier molecular flexibility index (Phi) is 26.0. The van der Waals surface area contributed by atoms with Crippen LogP contribution in [0.4, 0.5) is 4.79 Å². The van der Waals surface area contributed by atoms with Crippen LogP contribution in [0.5, 0.6) is 0 Å². The normalized spacial score (nSPS) is 11.5. The first-order valence-electron chi connectivity index (χ1n) is 16.8. The van der Waals surface area contributed by atoms with Gasteiger partial charge in [0.15, 0.2) is 0 Å². The molecule has 2 amide bonds. The highest BCUT2D eigenvalue weighted by Crippen LogP contribution is 2.11. The van der Waals surface area contributed by atoms with E-state index < -0.39 is 39.5 Å². The van der Waals surface area contributed by atoms with Crippen LogP contribution in [0.15, 0.2) is 35.2 Å². The third-order valence-electron chi connectivity index (χ3n) is 6.85. The number of hydrogen-bond acceptors (Lipinski definition) is 15. The zero-order valence-electron chi connectivity index (χ0n) is 30.4. The molecule has 1 aromatic carbocycles. The molecule has 0 atom stereocenters. The van der Waals surface area contributed by atoms with Gasteiger partial charge in [0.05, 0.1) is 112 Å². The third-order valence-corrected chi connectivity index (χ3v) is 8.33. The molecule has 0 saturated heterocycles. The van der Waals surface area contributed by atoms with E-state index in [1.807, 2.05) is 0 Å². The van der Waals surface area contributed by atoms with Crippen molar-refractivity contribution in [2.45, 2.75) is 42.5 Å². The van der Waals surface area contributed by atoms with Crippen molar-refractivity contribution in [2.24, 2.45) is 0 Å². The number of hydrogen-bond donors (Lipinski definition) is 3. The Balaban J connectivity index is 2.37. The lowest BCUT2D eigenvalue weighted by molar-refractivity contribution is -0.142. The Morgan fingerprint density at radius 2 is 1.00 bits per heavy atom. The number of sulfonamides is 1. The second kappa shape index (κ2) is 29.1. The molecule has 52 heavy (non-hydrogen) atoms. The van der Waals surface area contributed by atoms with Gasteiger partial charge in [0.25, 0.3) is 0 Å². The zero-order valence-corrected chi connectivity index (χ0v) is 31.2. The molecule has 19 heteroatoms. The number of ether oxygens (including phenoxy) is 9. The number of carbonyl (C=O) groups is 4. The van der Waals surface area contributed by atoms with Crippen LogP contribution in [0.25, 0.3) is 0 Å². The van der Waals surface area contributed by atoms with E-state index in [2.05, 4.69) is 29.6 Å². The SMILES string of the molecule is COC(=O)CCOCC(COCCC(=O)OC)(COCCC(=O)OC)NC(=O)NCCCOCCOCCOCCCNS(=O)(=O)c1ccccc1. The van der Waals surface area contributed by atoms with Gasteiger partial charge in [-0.05, 0) is 25.0 Å². The molecule has 0 unspecified atom stereocenters. The first-order chi connectivity index (χ1) is 25.1. The van der Waals surface area contributed by atoms with Crippen molar-refractivity contribution >= 4 is 34.0 Å². The zero-order chi connectivity index (χ0) is 38.3. The summed E-state index contributed by atoms with van der Waals surface area (Å²) >= 11 is 0. The fourth-order valence-electron chi connectivity index (χ4n) is 4.08. The fraction of sp³-hybridized carbons (Fsp3) is 0.697. The van der Waals surface area contributed by atoms with Gasteiger partial charge in [0.2, 0.25) is 10.0 Å². The average molecular weight is 766 g/mol. The molecule has 0 aliphatic carbocycles. The summed E-state index contributed by atoms with van der Waals surface area (Å²) in [5.74, 6) is -1.42. The minimum absolute atomic E-state index is 0.00232. The summed E-state index contributed by atoms with van der Waals surface area (Å²) in [6, 6.07) is 7.59. The minimum atomic E-state index is -3.53. The van der Waals surface area contributed by atoms with Crippen LogP contribution in [-0.4, -0.2) is 152 Å². The second-order valence-corrected chi connectivity index (χ2v) is 12.8. The monoisotopic (exact) mass is 765 g/mol. The van der Waals surface area contributed by atoms with Gasteiger partial charge < -0.3 is 53.3 Å². The van der Waals surface area contributed by atoms with Crippen molar-refractivity contribution < 1.29 is 70.2 Å². The molecule has 0 aliphatic heterocycles. The largest absolute Gasteiger partial charge is 0.469 e. The highest BCUT2D eigenvalue weighted by molar-refractivity contribution is 7.89. The number of rotatable bonds is 32. The molecule has 0 bridgehead atoms. The van der Waals surface area contributed by atoms with Gasteiger partial charge in [-0.15, -0.1) is 0 Å². The maximum Gasteiger partial charge on any atom is 0.315 e. The lowest BCUT2D eigenvalue weighted by Crippen LogP contribution is -2.61. The summed E-state index contributed by atoms with van der Waals surface area (Å²) in [6.07, 6.45) is 0.955. The van der Waals surface area contributed by atoms with Crippen molar-refractivity contribution in [1.29, 1.82) is 0 Å². The molecule has 0 fully saturated rings. The molecule has 0 spiro atoms. The Bertz CT molecular complexity index is 1180. The molecule has 18 nitrogen and oxygen atoms in total. The van der Waals surface area contributed by atoms with Crippen LogP contribution in [0.3, 0.4) is 0 Å². The second-order valence-electron chi connectivity index (χ2n) is 11.1. The average Bonchev–Trinajstić information content (AvgIpc) is 3.15. The maximum atomic E-state index is 12.9. The van der Waals surface area contributed by atoms with Gasteiger partial charge in [0, 0.05) is 26.3 Å². The minimum Gasteiger partial charge on any atom is -0.469 e. The van der Waals surface area contributed by atoms with Crippen LogP contribution in [0.1, 0.15) is 32.1 Å². The predicted octanol–water partition coefficient (Wildman–Crippen LogP) is 0.572. The first kappa shape index (κ1) is 46.6. The van der Waals surface area contributed by atoms with Crippen LogP contribution in [0, 0.1) is 0 Å². The van der Waals surface area contributed by atoms with E-state index in [0.717, 1.165) is 0 Å². The van der Waals surface area contributed by atoms with Crippen molar-refractivity contribution in [3.05, 3.63) is 30.3 Å². The lowest BCUT2D eigenvalue weighted by Gasteiger charge is -2.34. The number of benzene rings is 1. The topological polar surface area (TPSA) is 222 Å². The highest BCUT2D eigenvalue weighted by atomic mass is 32.2. The summed E-state index contributed by atoms with van der Waals surface area (Å²) in [6.45, 7) is 2.28. The van der Waals surface area contributed by atoms with E-state index in [-0.39, 0.29) is 76.9 Å². The first-order valence-corrected chi connectivity index (χ1v) is 18.3. The summed E-state index contributed by atoms with van der Waals surface area (Å²) in [5, 5.41) is 5.56. The quantitative estimate of drug-likeness (QED) is 0.0519. The smallest absolute Gasteiger partial charge is 0.315 e. The van der Waals surface area contributed by atoms with Crippen molar-refractivity contribution in [3.8, 4) is 0 Å². The Hall–Kier alpha value is -3.43. The van der Waals surface area contributed by atoms with E-state index in [1.165, 1.54) is 33.5 Å². The van der Waals surface area contributed by atoms with Crippen molar-refractivity contribution in [3.63, 3.8) is 0 Å². The van der Waals surface area contributed by atoms with Crippen LogP contribution < -0.4 is 15.4 Å². The molecular weight excluding hydrogens is 710 g/mol. The van der Waals surface area contributed by atoms with E-state index in [1.54, 1.807) is 18.2 Å². The molecule has 1 aromatic rings. The van der Waals surface area contributed by atoms with E-state index in [4.69, 9.17) is 28.4 Å². The molecular formula is C33H55N3O15S. The fourth-order valence-corrected chi connectivity index (χ4v) is 5.17. The molecule has 1 rings (SSSR count). The molecule has 298 valence electrons. The van der Waals surface area contributed by atoms with Gasteiger partial charge >= 0.3 is 23.9 Å². The number of carbonyl (C=O) groups excluding carboxylic acids is 4. The summed E-state index contributed by atoms with van der Waals surface area (Å²) in [4.78, 5) is 47.7. The van der Waals surface area contributed by atoms with Gasteiger partial charge in [-0.1, -0.05) is 18.2 Å². The Labute approximate surface area is 305 Å². The number of nitrogens with one attached hydrogen (secondary N) is 3. The summed E-state index contributed by atoms with van der Waals surface area (Å²) in [7, 11) is 0.249. The Morgan fingerprint density at radius 3 is 1.44 bits per heavy atom. The molecule has 0 heterocycles. The van der Waals surface area contributed by atoms with Gasteiger partial charge in [-0.25, -0.2) is 17.9 Å². The van der Waals surface area contributed by atoms with Gasteiger partial charge in [0.1, 0.15) is 5.54 Å². The number of amides is 2. The third kappa shape index (κ3) is 23.2. The molecule has 0 aliphatic rings. The molecule has 0 saturated carbocycles. The van der Waals surface area contributed by atoms with Gasteiger partial charge in [-0.2, -0.15) is 0 Å². The van der Waals surface area contributed by atoms with Crippen LogP contribution in [0.2, 0.25) is 0 Å². The lowest BCUT2D eigenvalue weighted by atomic mass is 10.0. The van der Waals surface area contributed by atoms with E-state index in [9.17, 15) is 27.6 Å². The maximum absolute atomic E-state index is 12.9. The van der Waals surface area contributed by atoms with E-state index in [0.29, 0.717) is 52.5 Å². The Morgan fingerprint density at radius 1 is 0.577 bits per heavy atom. The summed E-state index contributed by atoms with van der Waals surface area (Å²) in [5.41, 5.74) is -1.26. The number of esters is 3. The molecule has 3 N–H and O–H groups in total. The number of methoxy groups -OCH3 is 3. The van der Waals surface area contributed by atoms with Crippen LogP contribution >= 0.6 is 0 Å². The van der Waals surface area contributed by atoms with Crippen LogP contribution in [-0.2, 0) is 67.0 Å². The predicted molar refractivity (Wildman–Crippen MR) is 185 cm³/mol. The van der Waals surface area contributed by atoms with Crippen molar-refractivity contribution in [1.82, 2.24) is 15.4 Å². The number of urea groups is 1. The molecule has 0 aromatic heterocycles. The standard InChI is InChI=1S/C33H55N3O15S/c1-43-29(37)11-18-49-25-33(26-50-19-12-30(38)44-2,27-51-20-13-31(39)45-3)36-32(40)34-14-7-16-46-21-23-48-24-22-47-17-8-15-35-52(41,42)28-9-5-4-6-10-28/h4-6,9-10,35H,7-8,11-27H2,1-3H3,(H2,34,36,40). The molecule has 0 radical (unpaired) electrons.